The van der Waals surface area contributed by atoms with Gasteiger partial charge in [0, 0.05) is 6.42 Å². The second-order valence-electron chi connectivity index (χ2n) is 1.55. The molecule has 0 aliphatic heterocycles. The van der Waals surface area contributed by atoms with Gasteiger partial charge < -0.3 is 5.73 Å². The van der Waals surface area contributed by atoms with Crippen LogP contribution in [0.3, 0.4) is 0 Å². The summed E-state index contributed by atoms with van der Waals surface area (Å²) in [7, 11) is 0. The molecule has 0 radical (unpaired) electrons. The predicted molar refractivity (Wildman–Crippen MR) is 33.2 cm³/mol. The van der Waals surface area contributed by atoms with E-state index in [1.807, 2.05) is 13.0 Å². The van der Waals surface area contributed by atoms with Crippen LogP contribution in [0.1, 0.15) is 19.8 Å². The van der Waals surface area contributed by atoms with Gasteiger partial charge in [0.1, 0.15) is 0 Å². The molecule has 0 saturated carbocycles. The van der Waals surface area contributed by atoms with E-state index in [9.17, 15) is 4.79 Å². The van der Waals surface area contributed by atoms with Crippen molar-refractivity contribution in [1.29, 1.82) is 0 Å². The van der Waals surface area contributed by atoms with Crippen molar-refractivity contribution in [1.82, 2.24) is 0 Å². The van der Waals surface area contributed by atoms with E-state index in [1.54, 1.807) is 6.08 Å². The minimum Gasteiger partial charge on any atom is -0.369 e. The zero-order valence-electron chi connectivity index (χ0n) is 5.05. The van der Waals surface area contributed by atoms with Gasteiger partial charge >= 0.3 is 0 Å². The molecule has 2 nitrogen and oxygen atoms in total. The van der Waals surface area contributed by atoms with E-state index < -0.39 is 0 Å². The fourth-order valence-electron chi connectivity index (χ4n) is 0.366. The molecular weight excluding hydrogens is 102 g/mol. The Bertz CT molecular complexity index is 96.7. The Morgan fingerprint density at radius 1 is 1.62 bits per heavy atom. The number of nitrogens with two attached hydrogens (primary N) is 1. The quantitative estimate of drug-likeness (QED) is 0.541. The van der Waals surface area contributed by atoms with Crippen LogP contribution in [0, 0.1) is 0 Å². The first kappa shape index (κ1) is 7.21. The Morgan fingerprint density at radius 3 is 2.62 bits per heavy atom. The Balaban J connectivity index is 3.16. The van der Waals surface area contributed by atoms with Crippen molar-refractivity contribution in [2.45, 2.75) is 19.8 Å². The maximum absolute atomic E-state index is 10.0. The summed E-state index contributed by atoms with van der Waals surface area (Å²) in [5, 5.41) is 0. The lowest BCUT2D eigenvalue weighted by Gasteiger charge is -1.81. The minimum atomic E-state index is -0.269. The van der Waals surface area contributed by atoms with Crippen LogP contribution in [0.25, 0.3) is 0 Å². The SMILES string of the molecule is CC/C=C/CC(N)=O. The summed E-state index contributed by atoms with van der Waals surface area (Å²) < 4.78 is 0. The first-order valence-electron chi connectivity index (χ1n) is 2.70. The lowest BCUT2D eigenvalue weighted by molar-refractivity contribution is -0.117. The standard InChI is InChI=1S/C6H11NO/c1-2-3-4-5-6(7)8/h3-4H,2,5H2,1H3,(H2,7,8)/b4-3+. The number of hydrogen-bond acceptors (Lipinski definition) is 1. The van der Waals surface area contributed by atoms with Crippen LogP contribution in [0.4, 0.5) is 0 Å². The zero-order chi connectivity index (χ0) is 6.41. The third-order valence-electron chi connectivity index (χ3n) is 0.721. The van der Waals surface area contributed by atoms with Gasteiger partial charge in [-0.25, -0.2) is 0 Å². The largest absolute Gasteiger partial charge is 0.369 e. The molecule has 0 bridgehead atoms. The highest BCUT2D eigenvalue weighted by atomic mass is 16.1. The van der Waals surface area contributed by atoms with Crippen molar-refractivity contribution in [3.63, 3.8) is 0 Å². The molecule has 8 heavy (non-hydrogen) atoms. The van der Waals surface area contributed by atoms with E-state index in [1.165, 1.54) is 0 Å². The van der Waals surface area contributed by atoms with Crippen LogP contribution in [0.15, 0.2) is 12.2 Å². The van der Waals surface area contributed by atoms with Gasteiger partial charge in [0.05, 0.1) is 0 Å². The highest BCUT2D eigenvalue weighted by Gasteiger charge is 1.83. The average molecular weight is 113 g/mol. The predicted octanol–water partition coefficient (Wildman–Crippen LogP) is 0.828. The fraction of sp³-hybridized carbons (Fsp3) is 0.500. The lowest BCUT2D eigenvalue weighted by atomic mass is 10.3. The summed E-state index contributed by atoms with van der Waals surface area (Å²) in [4.78, 5) is 10.0. The molecular formula is C6H11NO. The summed E-state index contributed by atoms with van der Waals surface area (Å²) >= 11 is 0. The summed E-state index contributed by atoms with van der Waals surface area (Å²) in [6.07, 6.45) is 5.04. The van der Waals surface area contributed by atoms with Crippen LogP contribution in [0.5, 0.6) is 0 Å². The van der Waals surface area contributed by atoms with Crippen LogP contribution < -0.4 is 5.73 Å². The maximum Gasteiger partial charge on any atom is 0.221 e. The smallest absolute Gasteiger partial charge is 0.221 e. The first-order chi connectivity index (χ1) is 3.77. The van der Waals surface area contributed by atoms with Crippen LogP contribution in [-0.2, 0) is 4.79 Å². The molecule has 0 aromatic carbocycles. The van der Waals surface area contributed by atoms with Gasteiger partial charge in [-0.2, -0.15) is 0 Å². The van der Waals surface area contributed by atoms with Gasteiger partial charge in [-0.15, -0.1) is 0 Å². The van der Waals surface area contributed by atoms with Crippen LogP contribution >= 0.6 is 0 Å². The second kappa shape index (κ2) is 4.37. The molecule has 0 aliphatic rings. The number of amides is 1. The molecule has 0 saturated heterocycles. The van der Waals surface area contributed by atoms with E-state index in [4.69, 9.17) is 5.73 Å². The number of carbonyl (C=O) groups excluding carboxylic acids is 1. The molecule has 0 aromatic heterocycles. The molecule has 2 heteroatoms. The first-order valence-corrected chi connectivity index (χ1v) is 2.70. The average Bonchev–Trinajstić information content (AvgIpc) is 1.66. The minimum absolute atomic E-state index is 0.269. The van der Waals surface area contributed by atoms with E-state index >= 15 is 0 Å². The summed E-state index contributed by atoms with van der Waals surface area (Å²) in [5.74, 6) is -0.269. The number of rotatable bonds is 3. The molecule has 0 atom stereocenters. The Labute approximate surface area is 49.4 Å². The summed E-state index contributed by atoms with van der Waals surface area (Å²) in [6.45, 7) is 2.01. The number of allylic oxidation sites excluding steroid dienone is 1. The van der Waals surface area contributed by atoms with Gasteiger partial charge in [-0.05, 0) is 6.42 Å². The number of hydrogen-bond donors (Lipinski definition) is 1. The normalized spacial score (nSPS) is 10.1. The van der Waals surface area contributed by atoms with Gasteiger partial charge in [0.15, 0.2) is 0 Å². The van der Waals surface area contributed by atoms with Gasteiger partial charge in [0.2, 0.25) is 5.91 Å². The molecule has 2 N–H and O–H groups in total. The number of carbonyl (C=O) groups is 1. The van der Waals surface area contributed by atoms with Crippen LogP contribution in [0.2, 0.25) is 0 Å². The van der Waals surface area contributed by atoms with Crippen molar-refractivity contribution in [3.8, 4) is 0 Å². The molecule has 0 unspecified atom stereocenters. The number of primary amides is 1. The third kappa shape index (κ3) is 5.21. The van der Waals surface area contributed by atoms with Gasteiger partial charge in [-0.3, -0.25) is 4.79 Å². The summed E-state index contributed by atoms with van der Waals surface area (Å²) in [5.41, 5.74) is 4.84. The van der Waals surface area contributed by atoms with Crippen molar-refractivity contribution in [2.75, 3.05) is 0 Å². The molecule has 0 rings (SSSR count). The van der Waals surface area contributed by atoms with E-state index in [2.05, 4.69) is 0 Å². The molecule has 46 valence electrons. The fourth-order valence-corrected chi connectivity index (χ4v) is 0.366. The van der Waals surface area contributed by atoms with Crippen molar-refractivity contribution in [2.24, 2.45) is 5.73 Å². The van der Waals surface area contributed by atoms with Gasteiger partial charge in [0.25, 0.3) is 0 Å². The van der Waals surface area contributed by atoms with Crippen molar-refractivity contribution in [3.05, 3.63) is 12.2 Å². The third-order valence-corrected chi connectivity index (χ3v) is 0.721. The van der Waals surface area contributed by atoms with Gasteiger partial charge in [-0.1, -0.05) is 19.1 Å². The zero-order valence-corrected chi connectivity index (χ0v) is 5.05. The monoisotopic (exact) mass is 113 g/mol. The van der Waals surface area contributed by atoms with E-state index in [0.29, 0.717) is 6.42 Å². The molecule has 0 heterocycles. The highest BCUT2D eigenvalue weighted by Crippen LogP contribution is 1.83. The molecule has 0 spiro atoms. The Morgan fingerprint density at radius 2 is 2.25 bits per heavy atom. The Hall–Kier alpha value is -0.790. The molecule has 0 fully saturated rings. The Kier molecular flexibility index (Phi) is 3.94. The van der Waals surface area contributed by atoms with Crippen molar-refractivity contribution < 1.29 is 4.79 Å². The second-order valence-corrected chi connectivity index (χ2v) is 1.55. The van der Waals surface area contributed by atoms with E-state index in [-0.39, 0.29) is 5.91 Å². The summed E-state index contributed by atoms with van der Waals surface area (Å²) in [6, 6.07) is 0. The van der Waals surface area contributed by atoms with Crippen molar-refractivity contribution >= 4 is 5.91 Å². The molecule has 1 amide bonds. The molecule has 0 aromatic rings. The van der Waals surface area contributed by atoms with E-state index in [0.717, 1.165) is 6.42 Å². The highest BCUT2D eigenvalue weighted by molar-refractivity contribution is 5.75. The maximum atomic E-state index is 10.0. The molecule has 0 aliphatic carbocycles. The van der Waals surface area contributed by atoms with Crippen LogP contribution in [-0.4, -0.2) is 5.91 Å². The topological polar surface area (TPSA) is 43.1 Å². The lowest BCUT2D eigenvalue weighted by Crippen LogP contribution is -2.07.